The molecule has 21 heavy (non-hydrogen) atoms. The van der Waals surface area contributed by atoms with E-state index in [-0.39, 0.29) is 24.4 Å². The van der Waals surface area contributed by atoms with Crippen molar-refractivity contribution in [2.45, 2.75) is 25.8 Å². The maximum absolute atomic E-state index is 11.8. The van der Waals surface area contributed by atoms with Gasteiger partial charge in [0.05, 0.1) is 19.2 Å². The number of anilines is 1. The molecule has 0 bridgehead atoms. The van der Waals surface area contributed by atoms with Crippen LogP contribution in [0.3, 0.4) is 0 Å². The first-order chi connectivity index (χ1) is 10.2. The van der Waals surface area contributed by atoms with Gasteiger partial charge >= 0.3 is 0 Å². The zero-order valence-corrected chi connectivity index (χ0v) is 12.1. The molecule has 1 heterocycles. The minimum Gasteiger partial charge on any atom is -0.494 e. The van der Waals surface area contributed by atoms with Crippen molar-refractivity contribution in [1.29, 1.82) is 0 Å². The zero-order chi connectivity index (χ0) is 15.1. The first kappa shape index (κ1) is 15.3. The third-order valence-electron chi connectivity index (χ3n) is 3.25. The van der Waals surface area contributed by atoms with E-state index in [0.717, 1.165) is 25.1 Å². The van der Waals surface area contributed by atoms with Gasteiger partial charge in [-0.25, -0.2) is 0 Å². The van der Waals surface area contributed by atoms with Crippen LogP contribution in [0.15, 0.2) is 24.3 Å². The first-order valence-corrected chi connectivity index (χ1v) is 7.23. The largest absolute Gasteiger partial charge is 0.494 e. The van der Waals surface area contributed by atoms with Crippen molar-refractivity contribution in [2.75, 3.05) is 25.0 Å². The van der Waals surface area contributed by atoms with E-state index in [1.165, 1.54) is 0 Å². The molecule has 1 aliphatic rings. The van der Waals surface area contributed by atoms with Gasteiger partial charge in [-0.15, -0.1) is 0 Å². The Bertz CT molecular complexity index is 481. The lowest BCUT2D eigenvalue weighted by Crippen LogP contribution is -2.43. The van der Waals surface area contributed by atoms with Crippen LogP contribution in [-0.4, -0.2) is 37.6 Å². The normalized spacial score (nSPS) is 17.3. The second kappa shape index (κ2) is 7.64. The van der Waals surface area contributed by atoms with E-state index in [1.54, 1.807) is 24.3 Å². The maximum atomic E-state index is 11.8. The standard InChI is InChI=1S/C15H21N3O3/c1-2-21-12-7-5-11(6-8-12)18-14(19)10-17-15(20)13-4-3-9-16-13/h5-8,13,16H,2-4,9-10H2,1H3,(H,17,20)(H,18,19). The zero-order valence-electron chi connectivity index (χ0n) is 12.1. The number of hydrogen-bond acceptors (Lipinski definition) is 4. The molecule has 0 spiro atoms. The minimum absolute atomic E-state index is 0.0236. The van der Waals surface area contributed by atoms with Crippen LogP contribution in [0.2, 0.25) is 0 Å². The number of carbonyl (C=O) groups excluding carboxylic acids is 2. The SMILES string of the molecule is CCOc1ccc(NC(=O)CNC(=O)C2CCCN2)cc1. The molecule has 0 saturated carbocycles. The molecule has 2 rings (SSSR count). The quantitative estimate of drug-likeness (QED) is 0.727. The Hall–Kier alpha value is -2.08. The summed E-state index contributed by atoms with van der Waals surface area (Å²) in [5.41, 5.74) is 0.677. The number of hydrogen-bond donors (Lipinski definition) is 3. The highest BCUT2D eigenvalue weighted by Gasteiger charge is 2.21. The molecule has 1 aromatic rings. The summed E-state index contributed by atoms with van der Waals surface area (Å²) >= 11 is 0. The molecule has 1 atom stereocenters. The topological polar surface area (TPSA) is 79.5 Å². The third-order valence-corrected chi connectivity index (χ3v) is 3.25. The monoisotopic (exact) mass is 291 g/mol. The summed E-state index contributed by atoms with van der Waals surface area (Å²) in [6.45, 7) is 3.35. The fourth-order valence-corrected chi connectivity index (χ4v) is 2.21. The average Bonchev–Trinajstić information content (AvgIpc) is 3.01. The van der Waals surface area contributed by atoms with Crippen LogP contribution in [-0.2, 0) is 9.59 Å². The van der Waals surface area contributed by atoms with Crippen molar-refractivity contribution < 1.29 is 14.3 Å². The van der Waals surface area contributed by atoms with Gasteiger partial charge < -0.3 is 20.7 Å². The highest BCUT2D eigenvalue weighted by atomic mass is 16.5. The van der Waals surface area contributed by atoms with Crippen molar-refractivity contribution in [3.63, 3.8) is 0 Å². The van der Waals surface area contributed by atoms with Gasteiger partial charge in [0, 0.05) is 5.69 Å². The number of amides is 2. The number of carbonyl (C=O) groups is 2. The second-order valence-electron chi connectivity index (χ2n) is 4.87. The van der Waals surface area contributed by atoms with Crippen LogP contribution in [0.1, 0.15) is 19.8 Å². The molecule has 3 N–H and O–H groups in total. The molecule has 1 aromatic carbocycles. The van der Waals surface area contributed by atoms with Crippen LogP contribution >= 0.6 is 0 Å². The van der Waals surface area contributed by atoms with Gasteiger partial charge in [-0.05, 0) is 50.6 Å². The second-order valence-corrected chi connectivity index (χ2v) is 4.87. The van der Waals surface area contributed by atoms with Crippen molar-refractivity contribution in [3.8, 4) is 5.75 Å². The van der Waals surface area contributed by atoms with Crippen molar-refractivity contribution >= 4 is 17.5 Å². The molecule has 1 saturated heterocycles. The lowest BCUT2D eigenvalue weighted by atomic mass is 10.2. The van der Waals surface area contributed by atoms with Gasteiger partial charge in [-0.2, -0.15) is 0 Å². The minimum atomic E-state index is -0.245. The molecule has 6 nitrogen and oxygen atoms in total. The molecule has 0 radical (unpaired) electrons. The van der Waals surface area contributed by atoms with Gasteiger partial charge in [0.15, 0.2) is 0 Å². The van der Waals surface area contributed by atoms with E-state index in [0.29, 0.717) is 12.3 Å². The highest BCUT2D eigenvalue weighted by molar-refractivity contribution is 5.95. The van der Waals surface area contributed by atoms with E-state index < -0.39 is 0 Å². The average molecular weight is 291 g/mol. The lowest BCUT2D eigenvalue weighted by Gasteiger charge is -2.11. The summed E-state index contributed by atoms with van der Waals surface area (Å²) in [5.74, 6) is 0.399. The summed E-state index contributed by atoms with van der Waals surface area (Å²) < 4.78 is 5.33. The van der Waals surface area contributed by atoms with Gasteiger partial charge in [0.25, 0.3) is 0 Å². The smallest absolute Gasteiger partial charge is 0.243 e. The number of ether oxygens (including phenoxy) is 1. The Morgan fingerprint density at radius 3 is 2.71 bits per heavy atom. The van der Waals surface area contributed by atoms with E-state index in [4.69, 9.17) is 4.74 Å². The molecule has 0 aromatic heterocycles. The number of nitrogens with one attached hydrogen (secondary N) is 3. The molecule has 0 aliphatic carbocycles. The van der Waals surface area contributed by atoms with Crippen molar-refractivity contribution in [3.05, 3.63) is 24.3 Å². The summed E-state index contributed by atoms with van der Waals surface area (Å²) in [6, 6.07) is 6.95. The molecule has 114 valence electrons. The van der Waals surface area contributed by atoms with Crippen LogP contribution in [0.25, 0.3) is 0 Å². The predicted molar refractivity (Wildman–Crippen MR) is 80.3 cm³/mol. The Labute approximate surface area is 124 Å². The van der Waals surface area contributed by atoms with Crippen LogP contribution in [0.5, 0.6) is 5.75 Å². The molecular formula is C15H21N3O3. The molecule has 1 unspecified atom stereocenters. The fourth-order valence-electron chi connectivity index (χ4n) is 2.21. The number of benzene rings is 1. The Morgan fingerprint density at radius 1 is 1.33 bits per heavy atom. The van der Waals surface area contributed by atoms with Gasteiger partial charge in [-0.1, -0.05) is 0 Å². The Kier molecular flexibility index (Phi) is 5.57. The molecule has 1 aliphatic heterocycles. The molecule has 6 heteroatoms. The Balaban J connectivity index is 1.74. The maximum Gasteiger partial charge on any atom is 0.243 e. The summed E-state index contributed by atoms with van der Waals surface area (Å²) in [6.07, 6.45) is 1.82. The molecule has 2 amide bonds. The highest BCUT2D eigenvalue weighted by Crippen LogP contribution is 2.15. The van der Waals surface area contributed by atoms with E-state index in [1.807, 2.05) is 6.92 Å². The summed E-state index contributed by atoms with van der Waals surface area (Å²) in [5, 5.41) is 8.46. The Morgan fingerprint density at radius 2 is 2.10 bits per heavy atom. The molecular weight excluding hydrogens is 270 g/mol. The van der Waals surface area contributed by atoms with E-state index in [9.17, 15) is 9.59 Å². The van der Waals surface area contributed by atoms with Gasteiger partial charge in [0.2, 0.25) is 11.8 Å². The first-order valence-electron chi connectivity index (χ1n) is 7.23. The van der Waals surface area contributed by atoms with E-state index >= 15 is 0 Å². The summed E-state index contributed by atoms with van der Waals surface area (Å²) in [7, 11) is 0. The van der Waals surface area contributed by atoms with Gasteiger partial charge in [-0.3, -0.25) is 9.59 Å². The predicted octanol–water partition coefficient (Wildman–Crippen LogP) is 0.892. The van der Waals surface area contributed by atoms with Crippen LogP contribution in [0.4, 0.5) is 5.69 Å². The third kappa shape index (κ3) is 4.75. The van der Waals surface area contributed by atoms with Crippen LogP contribution < -0.4 is 20.7 Å². The van der Waals surface area contributed by atoms with Crippen LogP contribution in [0, 0.1) is 0 Å². The fraction of sp³-hybridized carbons (Fsp3) is 0.467. The lowest BCUT2D eigenvalue weighted by molar-refractivity contribution is -0.125. The van der Waals surface area contributed by atoms with Gasteiger partial charge in [0.1, 0.15) is 5.75 Å². The van der Waals surface area contributed by atoms with Crippen molar-refractivity contribution in [2.24, 2.45) is 0 Å². The van der Waals surface area contributed by atoms with Crippen molar-refractivity contribution in [1.82, 2.24) is 10.6 Å². The summed E-state index contributed by atoms with van der Waals surface area (Å²) in [4.78, 5) is 23.5. The molecule has 1 fully saturated rings. The number of rotatable bonds is 6. The van der Waals surface area contributed by atoms with E-state index in [2.05, 4.69) is 16.0 Å².